The molecule has 0 bridgehead atoms. The first-order valence-electron chi connectivity index (χ1n) is 7.28. The van der Waals surface area contributed by atoms with Gasteiger partial charge in [0.2, 0.25) is 0 Å². The third-order valence-corrected chi connectivity index (χ3v) is 3.86. The van der Waals surface area contributed by atoms with Crippen LogP contribution >= 0.6 is 0 Å². The van der Waals surface area contributed by atoms with Crippen LogP contribution in [0.4, 0.5) is 0 Å². The van der Waals surface area contributed by atoms with Gasteiger partial charge in [0.25, 0.3) is 0 Å². The van der Waals surface area contributed by atoms with Gasteiger partial charge in [0.05, 0.1) is 17.3 Å². The molecule has 0 saturated carbocycles. The lowest BCUT2D eigenvalue weighted by molar-refractivity contribution is 0.688. The van der Waals surface area contributed by atoms with Gasteiger partial charge in [-0.1, -0.05) is 25.1 Å². The molecule has 0 fully saturated rings. The molecule has 3 aromatic rings. The van der Waals surface area contributed by atoms with Crippen molar-refractivity contribution >= 4 is 10.9 Å². The summed E-state index contributed by atoms with van der Waals surface area (Å²) in [4.78, 5) is 4.45. The monoisotopic (exact) mass is 280 g/mol. The van der Waals surface area contributed by atoms with Gasteiger partial charge in [-0.15, -0.1) is 0 Å². The van der Waals surface area contributed by atoms with Crippen LogP contribution in [0, 0.1) is 0 Å². The highest BCUT2D eigenvalue weighted by Gasteiger charge is 2.20. The average Bonchev–Trinajstić information content (AvgIpc) is 2.89. The van der Waals surface area contributed by atoms with Gasteiger partial charge in [0.1, 0.15) is 0 Å². The minimum atomic E-state index is 0.126. The second-order valence-corrected chi connectivity index (χ2v) is 5.20. The lowest BCUT2D eigenvalue weighted by Crippen LogP contribution is -2.19. The summed E-state index contributed by atoms with van der Waals surface area (Å²) in [6, 6.07) is 10.5. The Kier molecular flexibility index (Phi) is 3.71. The molecule has 4 nitrogen and oxygen atoms in total. The third kappa shape index (κ3) is 2.43. The lowest BCUT2D eigenvalue weighted by Gasteiger charge is -2.18. The van der Waals surface area contributed by atoms with E-state index in [2.05, 4.69) is 52.8 Å². The van der Waals surface area contributed by atoms with Gasteiger partial charge in [-0.05, 0) is 31.2 Å². The second kappa shape index (κ2) is 5.66. The Bertz CT molecular complexity index is 755. The summed E-state index contributed by atoms with van der Waals surface area (Å²) in [5, 5.41) is 9.18. The van der Waals surface area contributed by atoms with Crippen LogP contribution < -0.4 is 5.32 Å². The van der Waals surface area contributed by atoms with Crippen molar-refractivity contribution in [2.75, 3.05) is 7.05 Å². The van der Waals surface area contributed by atoms with Crippen molar-refractivity contribution in [2.24, 2.45) is 7.05 Å². The molecule has 0 saturated heterocycles. The fourth-order valence-electron chi connectivity index (χ4n) is 2.93. The van der Waals surface area contributed by atoms with E-state index in [0.717, 1.165) is 17.6 Å². The van der Waals surface area contributed by atoms with E-state index in [9.17, 15) is 0 Å². The first-order chi connectivity index (χ1) is 10.2. The first kappa shape index (κ1) is 13.8. The quantitative estimate of drug-likeness (QED) is 0.799. The number of benzene rings is 1. The van der Waals surface area contributed by atoms with Crippen LogP contribution in [0.3, 0.4) is 0 Å². The highest BCUT2D eigenvalue weighted by molar-refractivity contribution is 5.83. The standard InChI is InChI=1S/C17H20N4/c1-4-15-14(11-21(3)20-15)17(18-2)13-7-5-9-16-12(13)8-6-10-19-16/h5-11,17-18H,4H2,1-3H3. The molecule has 4 heteroatoms. The van der Waals surface area contributed by atoms with Crippen LogP contribution in [0.25, 0.3) is 10.9 Å². The second-order valence-electron chi connectivity index (χ2n) is 5.20. The van der Waals surface area contributed by atoms with E-state index in [1.165, 1.54) is 16.5 Å². The maximum atomic E-state index is 4.56. The fourth-order valence-corrected chi connectivity index (χ4v) is 2.93. The van der Waals surface area contributed by atoms with Crippen LogP contribution in [0.5, 0.6) is 0 Å². The Labute approximate surface area is 124 Å². The summed E-state index contributed by atoms with van der Waals surface area (Å²) in [5.41, 5.74) is 4.64. The Balaban J connectivity index is 2.18. The molecule has 1 N–H and O–H groups in total. The zero-order valence-corrected chi connectivity index (χ0v) is 12.7. The van der Waals surface area contributed by atoms with E-state index in [1.54, 1.807) is 0 Å². The highest BCUT2D eigenvalue weighted by atomic mass is 15.3. The maximum Gasteiger partial charge on any atom is 0.0705 e. The number of aromatic nitrogens is 3. The van der Waals surface area contributed by atoms with Crippen molar-refractivity contribution < 1.29 is 0 Å². The SMILES string of the molecule is CCc1nn(C)cc1C(NC)c1cccc2ncccc12. The van der Waals surface area contributed by atoms with Crippen molar-refractivity contribution in [1.82, 2.24) is 20.1 Å². The van der Waals surface area contributed by atoms with Crippen LogP contribution in [0.2, 0.25) is 0 Å². The molecule has 1 aromatic carbocycles. The van der Waals surface area contributed by atoms with Crippen molar-refractivity contribution in [1.29, 1.82) is 0 Å². The number of nitrogens with zero attached hydrogens (tertiary/aromatic N) is 3. The summed E-state index contributed by atoms with van der Waals surface area (Å²) in [6.45, 7) is 2.14. The normalized spacial score (nSPS) is 12.7. The van der Waals surface area contributed by atoms with Gasteiger partial charge >= 0.3 is 0 Å². The topological polar surface area (TPSA) is 42.7 Å². The van der Waals surface area contributed by atoms with Crippen LogP contribution in [0.1, 0.15) is 29.8 Å². The highest BCUT2D eigenvalue weighted by Crippen LogP contribution is 2.29. The number of hydrogen-bond acceptors (Lipinski definition) is 3. The number of hydrogen-bond donors (Lipinski definition) is 1. The predicted molar refractivity (Wildman–Crippen MR) is 85.2 cm³/mol. The molecule has 2 aromatic heterocycles. The van der Waals surface area contributed by atoms with Crippen LogP contribution in [-0.2, 0) is 13.5 Å². The first-order valence-corrected chi connectivity index (χ1v) is 7.28. The molecule has 0 aliphatic heterocycles. The summed E-state index contributed by atoms with van der Waals surface area (Å²) in [7, 11) is 3.96. The molecule has 1 atom stereocenters. The minimum Gasteiger partial charge on any atom is -0.309 e. The van der Waals surface area contributed by atoms with E-state index in [0.29, 0.717) is 0 Å². The molecular formula is C17H20N4. The van der Waals surface area contributed by atoms with E-state index in [-0.39, 0.29) is 6.04 Å². The number of fused-ring (bicyclic) bond motifs is 1. The number of nitrogens with one attached hydrogen (secondary N) is 1. The molecule has 3 rings (SSSR count). The van der Waals surface area contributed by atoms with Crippen molar-refractivity contribution in [2.45, 2.75) is 19.4 Å². The predicted octanol–water partition coefficient (Wildman–Crippen LogP) is 2.84. The summed E-state index contributed by atoms with van der Waals surface area (Å²) < 4.78 is 1.89. The van der Waals surface area contributed by atoms with E-state index in [4.69, 9.17) is 0 Å². The number of pyridine rings is 1. The van der Waals surface area contributed by atoms with E-state index in [1.807, 2.05) is 31.0 Å². The molecule has 2 heterocycles. The molecule has 108 valence electrons. The zero-order chi connectivity index (χ0) is 14.8. The minimum absolute atomic E-state index is 0.126. The van der Waals surface area contributed by atoms with E-state index < -0.39 is 0 Å². The third-order valence-electron chi connectivity index (χ3n) is 3.86. The number of aryl methyl sites for hydroxylation is 2. The molecule has 0 radical (unpaired) electrons. The Morgan fingerprint density at radius 1 is 1.19 bits per heavy atom. The summed E-state index contributed by atoms with van der Waals surface area (Å²) in [5.74, 6) is 0. The van der Waals surface area contributed by atoms with Gasteiger partial charge in [-0.2, -0.15) is 5.10 Å². The molecule has 0 aliphatic carbocycles. The van der Waals surface area contributed by atoms with Crippen molar-refractivity contribution in [3.05, 3.63) is 59.5 Å². The molecule has 1 unspecified atom stereocenters. The summed E-state index contributed by atoms with van der Waals surface area (Å²) in [6.07, 6.45) is 4.87. The maximum absolute atomic E-state index is 4.56. The smallest absolute Gasteiger partial charge is 0.0705 e. The van der Waals surface area contributed by atoms with Crippen LogP contribution in [0.15, 0.2) is 42.7 Å². The number of rotatable bonds is 4. The Hall–Kier alpha value is -2.20. The summed E-state index contributed by atoms with van der Waals surface area (Å²) >= 11 is 0. The van der Waals surface area contributed by atoms with Crippen LogP contribution in [-0.4, -0.2) is 21.8 Å². The van der Waals surface area contributed by atoms with Gasteiger partial charge < -0.3 is 5.32 Å². The molecule has 0 spiro atoms. The van der Waals surface area contributed by atoms with E-state index >= 15 is 0 Å². The zero-order valence-electron chi connectivity index (χ0n) is 12.7. The molecule has 21 heavy (non-hydrogen) atoms. The van der Waals surface area contributed by atoms with Gasteiger partial charge in [-0.25, -0.2) is 0 Å². The van der Waals surface area contributed by atoms with Crippen molar-refractivity contribution in [3.8, 4) is 0 Å². The Morgan fingerprint density at radius 2 is 2.05 bits per heavy atom. The van der Waals surface area contributed by atoms with Crippen molar-refractivity contribution in [3.63, 3.8) is 0 Å². The lowest BCUT2D eigenvalue weighted by atomic mass is 9.95. The largest absolute Gasteiger partial charge is 0.309 e. The van der Waals surface area contributed by atoms with Gasteiger partial charge in [-0.3, -0.25) is 9.67 Å². The Morgan fingerprint density at radius 3 is 2.81 bits per heavy atom. The molecule has 0 aliphatic rings. The van der Waals surface area contributed by atoms with Gasteiger partial charge in [0.15, 0.2) is 0 Å². The van der Waals surface area contributed by atoms with Gasteiger partial charge in [0, 0.05) is 30.4 Å². The average molecular weight is 280 g/mol. The fraction of sp³-hybridized carbons (Fsp3) is 0.294. The molecular weight excluding hydrogens is 260 g/mol. The molecule has 0 amide bonds.